The molecule has 5 nitrogen and oxygen atoms in total. The van der Waals surface area contributed by atoms with Crippen molar-refractivity contribution in [3.63, 3.8) is 0 Å². The Balaban J connectivity index is 2.32. The van der Waals surface area contributed by atoms with Crippen molar-refractivity contribution < 1.29 is 17.6 Å². The summed E-state index contributed by atoms with van der Waals surface area (Å²) in [6, 6.07) is 0.783. The minimum absolute atomic E-state index is 0.0206. The molecule has 0 aliphatic rings. The molecule has 0 fully saturated rings. The van der Waals surface area contributed by atoms with E-state index in [9.17, 15) is 13.2 Å². The van der Waals surface area contributed by atoms with Crippen molar-refractivity contribution >= 4 is 17.7 Å². The van der Waals surface area contributed by atoms with Gasteiger partial charge in [0.15, 0.2) is 5.69 Å². The molecule has 2 N–H and O–H groups in total. The fraction of sp³-hybridized carbons (Fsp3) is 0.125. The Labute approximate surface area is 97.3 Å². The second kappa shape index (κ2) is 4.24. The largest absolute Gasteiger partial charge is 0.440 e. The summed E-state index contributed by atoms with van der Waals surface area (Å²) in [5, 5.41) is 0.198. The Kier molecular flexibility index (Phi) is 2.92. The average molecular weight is 262 g/mol. The van der Waals surface area contributed by atoms with Crippen molar-refractivity contribution in [2.24, 2.45) is 0 Å². The van der Waals surface area contributed by atoms with Crippen molar-refractivity contribution in [3.05, 3.63) is 24.2 Å². The first-order valence-corrected chi connectivity index (χ1v) is 5.06. The van der Waals surface area contributed by atoms with E-state index in [1.165, 1.54) is 12.5 Å². The van der Waals surface area contributed by atoms with E-state index in [4.69, 9.17) is 10.2 Å². The lowest BCUT2D eigenvalue weighted by Gasteiger charge is -2.07. The van der Waals surface area contributed by atoms with Crippen molar-refractivity contribution in [1.29, 1.82) is 0 Å². The highest BCUT2D eigenvalue weighted by atomic mass is 32.2. The molecule has 9 heteroatoms. The van der Waals surface area contributed by atoms with Crippen LogP contribution in [0.2, 0.25) is 0 Å². The first kappa shape index (κ1) is 11.7. The lowest BCUT2D eigenvalue weighted by Crippen LogP contribution is -2.11. The molecular weight excluding hydrogens is 257 g/mol. The summed E-state index contributed by atoms with van der Waals surface area (Å²) in [7, 11) is 0. The van der Waals surface area contributed by atoms with Crippen molar-refractivity contribution in [3.8, 4) is 0 Å². The molecule has 0 aliphatic heterocycles. The monoisotopic (exact) mass is 262 g/mol. The number of aromatic nitrogens is 3. The number of hydrogen-bond donors (Lipinski definition) is 1. The summed E-state index contributed by atoms with van der Waals surface area (Å²) in [6.07, 6.45) is -1.89. The molecule has 0 radical (unpaired) electrons. The van der Waals surface area contributed by atoms with Gasteiger partial charge in [-0.1, -0.05) is 0 Å². The minimum atomic E-state index is -4.57. The third-order valence-electron chi connectivity index (χ3n) is 1.61. The summed E-state index contributed by atoms with van der Waals surface area (Å²) < 4.78 is 42.2. The molecule has 0 unspecified atom stereocenters. The molecule has 0 bridgehead atoms. The summed E-state index contributed by atoms with van der Waals surface area (Å²) >= 11 is 0.830. The number of nitrogen functional groups attached to an aromatic ring is 1. The second-order valence-electron chi connectivity index (χ2n) is 2.85. The molecule has 90 valence electrons. The molecule has 2 aromatic rings. The zero-order chi connectivity index (χ0) is 12.5. The molecule has 0 atom stereocenters. The van der Waals surface area contributed by atoms with Gasteiger partial charge in [-0.25, -0.2) is 15.0 Å². The predicted molar refractivity (Wildman–Crippen MR) is 52.1 cm³/mol. The molecule has 2 aromatic heterocycles. The molecule has 17 heavy (non-hydrogen) atoms. The fourth-order valence-corrected chi connectivity index (χ4v) is 1.70. The van der Waals surface area contributed by atoms with Crippen LogP contribution >= 0.6 is 11.8 Å². The van der Waals surface area contributed by atoms with Crippen molar-refractivity contribution in [2.45, 2.75) is 16.4 Å². The molecule has 0 amide bonds. The van der Waals surface area contributed by atoms with Gasteiger partial charge in [0, 0.05) is 6.07 Å². The van der Waals surface area contributed by atoms with E-state index >= 15 is 0 Å². The Morgan fingerprint density at radius 1 is 1.29 bits per heavy atom. The molecule has 2 heterocycles. The molecule has 0 saturated carbocycles. The molecule has 0 aromatic carbocycles. The molecule has 0 aliphatic carbocycles. The first-order valence-electron chi connectivity index (χ1n) is 4.24. The molecule has 0 saturated heterocycles. The highest BCUT2D eigenvalue weighted by Gasteiger charge is 2.33. The van der Waals surface area contributed by atoms with Crippen LogP contribution in [0.4, 0.5) is 19.1 Å². The van der Waals surface area contributed by atoms with E-state index in [2.05, 4.69) is 15.0 Å². The lowest BCUT2D eigenvalue weighted by molar-refractivity contribution is -0.141. The highest BCUT2D eigenvalue weighted by Crippen LogP contribution is 2.32. The number of nitrogens with two attached hydrogens (primary N) is 1. The zero-order valence-corrected chi connectivity index (χ0v) is 8.92. The van der Waals surface area contributed by atoms with E-state index in [1.807, 2.05) is 0 Å². The fourth-order valence-electron chi connectivity index (χ4n) is 0.991. The maximum atomic E-state index is 12.4. The van der Waals surface area contributed by atoms with Gasteiger partial charge in [-0.05, 0) is 11.8 Å². The Morgan fingerprint density at radius 2 is 2.06 bits per heavy atom. The van der Waals surface area contributed by atoms with Gasteiger partial charge in [0.25, 0.3) is 5.22 Å². The van der Waals surface area contributed by atoms with Gasteiger partial charge in [-0.3, -0.25) is 0 Å². The minimum Gasteiger partial charge on any atom is -0.440 e. The first-order chi connectivity index (χ1) is 7.95. The zero-order valence-electron chi connectivity index (χ0n) is 8.10. The van der Waals surface area contributed by atoms with Crippen molar-refractivity contribution in [1.82, 2.24) is 15.0 Å². The standard InChI is InChI=1S/C8H5F3N4OS/c9-8(10,11)4-3-5(15-6(12)14-4)17-7-13-1-2-16-7/h1-3H,(H2,12,14,15). The molecule has 0 spiro atoms. The van der Waals surface area contributed by atoms with Crippen LogP contribution in [0.25, 0.3) is 0 Å². The number of hydrogen-bond acceptors (Lipinski definition) is 6. The SMILES string of the molecule is Nc1nc(Sc2ncco2)cc(C(F)(F)F)n1. The number of rotatable bonds is 2. The maximum Gasteiger partial charge on any atom is 0.433 e. The second-order valence-corrected chi connectivity index (χ2v) is 3.82. The predicted octanol–water partition coefficient (Wildman–Crippen LogP) is 2.22. The smallest absolute Gasteiger partial charge is 0.433 e. The van der Waals surface area contributed by atoms with Crippen LogP contribution < -0.4 is 5.73 Å². The highest BCUT2D eigenvalue weighted by molar-refractivity contribution is 7.99. The maximum absolute atomic E-state index is 12.4. The third kappa shape index (κ3) is 2.87. The van der Waals surface area contributed by atoms with Crippen LogP contribution in [0.1, 0.15) is 5.69 Å². The Bertz CT molecular complexity index is 514. The number of alkyl halides is 3. The average Bonchev–Trinajstić information content (AvgIpc) is 2.68. The molecule has 2 rings (SSSR count). The normalized spacial score (nSPS) is 11.7. The number of nitrogens with zero attached hydrogens (tertiary/aromatic N) is 3. The summed E-state index contributed by atoms with van der Waals surface area (Å²) in [5.74, 6) is -0.450. The van der Waals surface area contributed by atoms with Crippen LogP contribution in [0.5, 0.6) is 0 Å². The van der Waals surface area contributed by atoms with Crippen LogP contribution in [-0.2, 0) is 6.18 Å². The topological polar surface area (TPSA) is 77.8 Å². The number of anilines is 1. The van der Waals surface area contributed by atoms with E-state index in [0.717, 1.165) is 17.8 Å². The van der Waals surface area contributed by atoms with Gasteiger partial charge in [-0.2, -0.15) is 13.2 Å². The van der Waals surface area contributed by atoms with Gasteiger partial charge in [0.1, 0.15) is 11.3 Å². The van der Waals surface area contributed by atoms with Crippen LogP contribution in [-0.4, -0.2) is 15.0 Å². The van der Waals surface area contributed by atoms with Crippen LogP contribution in [0, 0.1) is 0 Å². The lowest BCUT2D eigenvalue weighted by atomic mass is 10.4. The quantitative estimate of drug-likeness (QED) is 0.836. The summed E-state index contributed by atoms with van der Waals surface area (Å²) in [5.41, 5.74) is 4.10. The van der Waals surface area contributed by atoms with E-state index in [0.29, 0.717) is 0 Å². The van der Waals surface area contributed by atoms with Gasteiger partial charge >= 0.3 is 6.18 Å². The Hall–Kier alpha value is -1.77. The molecular formula is C8H5F3N4OS. The van der Waals surface area contributed by atoms with Crippen LogP contribution in [0.3, 0.4) is 0 Å². The Morgan fingerprint density at radius 3 is 2.65 bits per heavy atom. The number of halogens is 3. The van der Waals surface area contributed by atoms with Gasteiger partial charge in [0.2, 0.25) is 5.95 Å². The van der Waals surface area contributed by atoms with E-state index in [-0.39, 0.29) is 10.2 Å². The summed E-state index contributed by atoms with van der Waals surface area (Å²) in [4.78, 5) is 10.5. The van der Waals surface area contributed by atoms with Gasteiger partial charge < -0.3 is 10.2 Å². The van der Waals surface area contributed by atoms with Gasteiger partial charge in [-0.15, -0.1) is 0 Å². The van der Waals surface area contributed by atoms with Crippen LogP contribution in [0.15, 0.2) is 33.2 Å². The van der Waals surface area contributed by atoms with E-state index < -0.39 is 17.8 Å². The van der Waals surface area contributed by atoms with E-state index in [1.54, 1.807) is 0 Å². The van der Waals surface area contributed by atoms with Crippen molar-refractivity contribution in [2.75, 3.05) is 5.73 Å². The third-order valence-corrected chi connectivity index (χ3v) is 2.41. The summed E-state index contributed by atoms with van der Waals surface area (Å²) in [6.45, 7) is 0. The van der Waals surface area contributed by atoms with Gasteiger partial charge in [0.05, 0.1) is 6.20 Å². The number of oxazole rings is 1.